The van der Waals surface area contributed by atoms with E-state index in [0.29, 0.717) is 11.4 Å². The molecule has 2 aromatic rings. The van der Waals surface area contributed by atoms with Crippen molar-refractivity contribution in [3.05, 3.63) is 48.5 Å². The molecule has 0 aliphatic carbocycles. The Balaban J connectivity index is 0.000000386. The maximum atomic E-state index is 13.2. The molecule has 3 nitrogen and oxygen atoms in total. The van der Waals surface area contributed by atoms with Crippen molar-refractivity contribution in [1.82, 2.24) is 9.97 Å². The lowest BCUT2D eigenvalue weighted by molar-refractivity contribution is 0.277. The lowest BCUT2D eigenvalue weighted by Gasteiger charge is -1.99. The van der Waals surface area contributed by atoms with Crippen LogP contribution < -0.4 is 0 Å². The first kappa shape index (κ1) is 12.3. The second-order valence-electron chi connectivity index (χ2n) is 2.96. The monoisotopic (exact) mass is 220 g/mol. The van der Waals surface area contributed by atoms with E-state index in [2.05, 4.69) is 14.7 Å². The molecule has 16 heavy (non-hydrogen) atoms. The summed E-state index contributed by atoms with van der Waals surface area (Å²) in [7, 11) is 3.25. The highest BCUT2D eigenvalue weighted by Crippen LogP contribution is 2.15. The van der Waals surface area contributed by atoms with Gasteiger partial charge in [0.05, 0.1) is 5.69 Å². The summed E-state index contributed by atoms with van der Waals surface area (Å²) in [6.45, 7) is 0. The van der Waals surface area contributed by atoms with Gasteiger partial charge in [-0.05, 0) is 24.3 Å². The zero-order valence-corrected chi connectivity index (χ0v) is 9.22. The third-order valence-corrected chi connectivity index (χ3v) is 1.67. The lowest BCUT2D eigenvalue weighted by Crippen LogP contribution is -1.89. The van der Waals surface area contributed by atoms with Crippen LogP contribution in [0.2, 0.25) is 0 Å². The van der Waals surface area contributed by atoms with Crippen LogP contribution in [0.15, 0.2) is 42.7 Å². The number of rotatable bonds is 1. The number of halogens is 1. The summed E-state index contributed by atoms with van der Waals surface area (Å²) < 4.78 is 17.4. The van der Waals surface area contributed by atoms with Gasteiger partial charge in [0, 0.05) is 26.6 Å². The molecule has 0 saturated heterocycles. The Labute approximate surface area is 93.9 Å². The molecule has 0 spiro atoms. The second-order valence-corrected chi connectivity index (χ2v) is 2.96. The van der Waals surface area contributed by atoms with Crippen molar-refractivity contribution in [3.8, 4) is 11.4 Å². The maximum absolute atomic E-state index is 13.2. The van der Waals surface area contributed by atoms with E-state index < -0.39 is 0 Å². The molecule has 0 atom stereocenters. The maximum Gasteiger partial charge on any atom is 0.151 e. The van der Waals surface area contributed by atoms with Crippen molar-refractivity contribution in [1.29, 1.82) is 0 Å². The predicted molar refractivity (Wildman–Crippen MR) is 60.4 cm³/mol. The van der Waals surface area contributed by atoms with E-state index in [-0.39, 0.29) is 5.82 Å². The van der Waals surface area contributed by atoms with Crippen molar-refractivity contribution in [2.24, 2.45) is 0 Å². The molecule has 2 rings (SSSR count). The molecular formula is C12H13FN2O. The van der Waals surface area contributed by atoms with Crippen LogP contribution in [0.25, 0.3) is 11.4 Å². The zero-order valence-electron chi connectivity index (χ0n) is 9.22. The Kier molecular flexibility index (Phi) is 5.08. The summed E-state index contributed by atoms with van der Waals surface area (Å²) in [5, 5.41) is 0. The van der Waals surface area contributed by atoms with Crippen LogP contribution in [-0.4, -0.2) is 24.2 Å². The molecule has 0 saturated carbocycles. The lowest BCUT2D eigenvalue weighted by atomic mass is 10.2. The summed E-state index contributed by atoms with van der Waals surface area (Å²) in [6, 6.07) is 8.24. The van der Waals surface area contributed by atoms with Crippen molar-refractivity contribution in [3.63, 3.8) is 0 Å². The average Bonchev–Trinajstić information content (AvgIpc) is 2.32. The fraction of sp³-hybridized carbons (Fsp3) is 0.167. The van der Waals surface area contributed by atoms with E-state index in [0.717, 1.165) is 0 Å². The van der Waals surface area contributed by atoms with E-state index in [1.807, 2.05) is 0 Å². The summed E-state index contributed by atoms with van der Waals surface area (Å²) in [4.78, 5) is 7.92. The van der Waals surface area contributed by atoms with Gasteiger partial charge in [-0.25, -0.2) is 4.39 Å². The van der Waals surface area contributed by atoms with Crippen molar-refractivity contribution < 1.29 is 9.13 Å². The third kappa shape index (κ3) is 3.40. The molecular weight excluding hydrogens is 207 g/mol. The average molecular weight is 220 g/mol. The molecule has 0 fully saturated rings. The third-order valence-electron chi connectivity index (χ3n) is 1.67. The zero-order chi connectivity index (χ0) is 11.8. The van der Waals surface area contributed by atoms with Gasteiger partial charge in [-0.2, -0.15) is 0 Å². The fourth-order valence-corrected chi connectivity index (χ4v) is 1.08. The van der Waals surface area contributed by atoms with Gasteiger partial charge in [-0.3, -0.25) is 9.97 Å². The first-order valence-corrected chi connectivity index (χ1v) is 4.71. The van der Waals surface area contributed by atoms with E-state index in [9.17, 15) is 4.39 Å². The Hall–Kier alpha value is -1.81. The van der Waals surface area contributed by atoms with Crippen LogP contribution >= 0.6 is 0 Å². The Morgan fingerprint density at radius 1 is 1.00 bits per heavy atom. The first-order chi connectivity index (χ1) is 7.79. The Bertz CT molecular complexity index is 420. The smallest absolute Gasteiger partial charge is 0.151 e. The van der Waals surface area contributed by atoms with E-state index >= 15 is 0 Å². The van der Waals surface area contributed by atoms with Crippen molar-refractivity contribution in [2.75, 3.05) is 14.2 Å². The highest BCUT2D eigenvalue weighted by molar-refractivity contribution is 5.53. The SMILES string of the molecule is COC.Fc1cccnc1-c1ccccn1. The Morgan fingerprint density at radius 2 is 1.69 bits per heavy atom. The van der Waals surface area contributed by atoms with Crippen LogP contribution in [0, 0.1) is 5.82 Å². The largest absolute Gasteiger partial charge is 0.388 e. The number of nitrogens with zero attached hydrogens (tertiary/aromatic N) is 2. The minimum absolute atomic E-state index is 0.295. The second kappa shape index (κ2) is 6.63. The molecule has 4 heteroatoms. The van der Waals surface area contributed by atoms with Gasteiger partial charge in [0.15, 0.2) is 5.82 Å². The van der Waals surface area contributed by atoms with Crippen LogP contribution in [-0.2, 0) is 4.74 Å². The van der Waals surface area contributed by atoms with Crippen LogP contribution in [0.3, 0.4) is 0 Å². The number of aromatic nitrogens is 2. The van der Waals surface area contributed by atoms with Gasteiger partial charge in [0.1, 0.15) is 5.69 Å². The first-order valence-electron chi connectivity index (χ1n) is 4.71. The van der Waals surface area contributed by atoms with Gasteiger partial charge in [-0.1, -0.05) is 6.07 Å². The van der Waals surface area contributed by atoms with Crippen molar-refractivity contribution in [2.45, 2.75) is 0 Å². The van der Waals surface area contributed by atoms with Gasteiger partial charge >= 0.3 is 0 Å². The summed E-state index contributed by atoms with van der Waals surface area (Å²) in [6.07, 6.45) is 3.16. The van der Waals surface area contributed by atoms with E-state index in [1.165, 1.54) is 6.07 Å². The molecule has 0 aliphatic heterocycles. The molecule has 0 amide bonds. The highest BCUT2D eigenvalue weighted by atomic mass is 19.1. The van der Waals surface area contributed by atoms with Gasteiger partial charge < -0.3 is 4.74 Å². The van der Waals surface area contributed by atoms with Gasteiger partial charge in [0.25, 0.3) is 0 Å². The van der Waals surface area contributed by atoms with E-state index in [4.69, 9.17) is 0 Å². The fourth-order valence-electron chi connectivity index (χ4n) is 1.08. The van der Waals surface area contributed by atoms with E-state index in [1.54, 1.807) is 50.9 Å². The number of ether oxygens (including phenoxy) is 1. The quantitative estimate of drug-likeness (QED) is 0.740. The van der Waals surface area contributed by atoms with Crippen molar-refractivity contribution >= 4 is 0 Å². The molecule has 0 N–H and O–H groups in total. The molecule has 0 unspecified atom stereocenters. The molecule has 0 radical (unpaired) electrons. The standard InChI is InChI=1S/C10H7FN2.C2H6O/c11-8-4-3-7-13-10(8)9-5-1-2-6-12-9;1-3-2/h1-7H;1-2H3. The summed E-state index contributed by atoms with van der Waals surface area (Å²) in [5.41, 5.74) is 0.851. The summed E-state index contributed by atoms with van der Waals surface area (Å²) >= 11 is 0. The molecule has 2 heterocycles. The van der Waals surface area contributed by atoms with Gasteiger partial charge in [-0.15, -0.1) is 0 Å². The van der Waals surface area contributed by atoms with Crippen LogP contribution in [0.4, 0.5) is 4.39 Å². The van der Waals surface area contributed by atoms with Gasteiger partial charge in [0.2, 0.25) is 0 Å². The van der Waals surface area contributed by atoms with Crippen LogP contribution in [0.1, 0.15) is 0 Å². The molecule has 2 aromatic heterocycles. The molecule has 0 bridgehead atoms. The molecule has 84 valence electrons. The molecule has 0 aliphatic rings. The number of pyridine rings is 2. The topological polar surface area (TPSA) is 35.0 Å². The minimum Gasteiger partial charge on any atom is -0.388 e. The van der Waals surface area contributed by atoms with Crippen LogP contribution in [0.5, 0.6) is 0 Å². The minimum atomic E-state index is -0.346. The normalized spacial score (nSPS) is 9.19. The highest BCUT2D eigenvalue weighted by Gasteiger charge is 2.04. The predicted octanol–water partition coefficient (Wildman–Crippen LogP) is 2.55. The number of hydrogen-bond acceptors (Lipinski definition) is 3. The Morgan fingerprint density at radius 3 is 2.25 bits per heavy atom. The molecule has 0 aromatic carbocycles. The summed E-state index contributed by atoms with van der Waals surface area (Å²) in [5.74, 6) is -0.346. The number of methoxy groups -OCH3 is 1. The number of hydrogen-bond donors (Lipinski definition) is 0.